The lowest BCUT2D eigenvalue weighted by Gasteiger charge is -1.91. The molecule has 0 aliphatic carbocycles. The summed E-state index contributed by atoms with van der Waals surface area (Å²) < 4.78 is 0. The van der Waals surface area contributed by atoms with Crippen LogP contribution in [0.5, 0.6) is 0 Å². The van der Waals surface area contributed by atoms with Gasteiger partial charge < -0.3 is 0 Å². The van der Waals surface area contributed by atoms with Gasteiger partial charge >= 0.3 is 0 Å². The minimum absolute atomic E-state index is 0.849. The van der Waals surface area contributed by atoms with Gasteiger partial charge in [0.05, 0.1) is 0 Å². The van der Waals surface area contributed by atoms with Gasteiger partial charge in [0.15, 0.2) is 0 Å². The molecule has 0 N–H and O–H groups in total. The summed E-state index contributed by atoms with van der Waals surface area (Å²) in [5, 5.41) is 0.849. The first-order valence-corrected chi connectivity index (χ1v) is 5.32. The molecule has 0 saturated carbocycles. The molecule has 0 aromatic heterocycles. The normalized spacial score (nSPS) is 13.3. The predicted molar refractivity (Wildman–Crippen MR) is 62.0 cm³/mol. The van der Waals surface area contributed by atoms with E-state index in [1.165, 1.54) is 6.42 Å². The van der Waals surface area contributed by atoms with Crippen molar-refractivity contribution in [3.05, 3.63) is 35.4 Å². The van der Waals surface area contributed by atoms with E-state index in [0.29, 0.717) is 0 Å². The lowest BCUT2D eigenvalue weighted by molar-refractivity contribution is 0.864. The second kappa shape index (κ2) is 9.60. The van der Waals surface area contributed by atoms with Gasteiger partial charge in [-0.2, -0.15) is 0 Å². The van der Waals surface area contributed by atoms with Crippen molar-refractivity contribution >= 4 is 11.6 Å². The average Bonchev–Trinajstić information content (AvgIpc) is 2.11. The molecule has 0 aliphatic rings. The third-order valence-electron chi connectivity index (χ3n) is 1.64. The molecule has 1 heteroatoms. The van der Waals surface area contributed by atoms with Crippen molar-refractivity contribution in [2.75, 3.05) is 0 Å². The Morgan fingerprint density at radius 1 is 1.23 bits per heavy atom. The fourth-order valence-corrected chi connectivity index (χ4v) is 1.22. The lowest BCUT2D eigenvalue weighted by Crippen LogP contribution is -1.71. The van der Waals surface area contributed by atoms with E-state index in [9.17, 15) is 0 Å². The summed E-state index contributed by atoms with van der Waals surface area (Å²) >= 11 is 5.88. The number of halogens is 1. The third-order valence-corrected chi connectivity index (χ3v) is 1.92. The van der Waals surface area contributed by atoms with E-state index in [4.69, 9.17) is 11.6 Å². The molecule has 74 valence electrons. The zero-order valence-electron chi connectivity index (χ0n) is 8.59. The number of unbranched alkanes of at least 4 members (excludes halogenated alkanes) is 2. The highest BCUT2D eigenvalue weighted by Crippen LogP contribution is 2.07. The molecule has 0 aliphatic heterocycles. The van der Waals surface area contributed by atoms with E-state index in [-0.39, 0.29) is 0 Å². The Hall–Kier alpha value is -0.490. The molecule has 0 aromatic rings. The zero-order chi connectivity index (χ0) is 9.94. The maximum atomic E-state index is 5.88. The molecule has 0 heterocycles. The van der Waals surface area contributed by atoms with Crippen molar-refractivity contribution in [3.63, 3.8) is 0 Å². The van der Waals surface area contributed by atoms with Crippen LogP contribution in [-0.2, 0) is 0 Å². The summed E-state index contributed by atoms with van der Waals surface area (Å²) in [5.41, 5.74) is 0. The van der Waals surface area contributed by atoms with E-state index in [2.05, 4.69) is 25.2 Å². The van der Waals surface area contributed by atoms with Gasteiger partial charge in [0, 0.05) is 5.03 Å². The molecular formula is C12H19Cl. The second-order valence-electron chi connectivity index (χ2n) is 2.90. The van der Waals surface area contributed by atoms with Crippen molar-refractivity contribution < 1.29 is 0 Å². The Morgan fingerprint density at radius 3 is 2.62 bits per heavy atom. The summed E-state index contributed by atoms with van der Waals surface area (Å²) in [6.07, 6.45) is 14.9. The van der Waals surface area contributed by atoms with Crippen LogP contribution in [-0.4, -0.2) is 0 Å². The molecule has 0 rings (SSSR count). The van der Waals surface area contributed by atoms with Gasteiger partial charge in [0.1, 0.15) is 0 Å². The second-order valence-corrected chi connectivity index (χ2v) is 3.34. The molecule has 0 unspecified atom stereocenters. The van der Waals surface area contributed by atoms with Crippen LogP contribution in [0.1, 0.15) is 39.5 Å². The van der Waals surface area contributed by atoms with Crippen molar-refractivity contribution in [1.29, 1.82) is 0 Å². The highest BCUT2D eigenvalue weighted by molar-refractivity contribution is 6.31. The van der Waals surface area contributed by atoms with E-state index >= 15 is 0 Å². The summed E-state index contributed by atoms with van der Waals surface area (Å²) in [6, 6.07) is 0. The van der Waals surface area contributed by atoms with Crippen LogP contribution in [0.3, 0.4) is 0 Å². The van der Waals surface area contributed by atoms with E-state index in [0.717, 1.165) is 24.3 Å². The SMILES string of the molecule is C/C=C\C(Cl)=C/CCC/C=C\CC. The van der Waals surface area contributed by atoms with E-state index in [1.807, 2.05) is 19.1 Å². The molecule has 0 bridgehead atoms. The van der Waals surface area contributed by atoms with Gasteiger partial charge in [-0.1, -0.05) is 42.8 Å². The summed E-state index contributed by atoms with van der Waals surface area (Å²) in [5.74, 6) is 0. The van der Waals surface area contributed by atoms with Crippen molar-refractivity contribution in [3.8, 4) is 0 Å². The van der Waals surface area contributed by atoms with Crippen LogP contribution in [0.2, 0.25) is 0 Å². The Labute approximate surface area is 87.0 Å². The Bertz CT molecular complexity index is 187. The Morgan fingerprint density at radius 2 is 2.00 bits per heavy atom. The average molecular weight is 199 g/mol. The highest BCUT2D eigenvalue weighted by Gasteiger charge is 1.84. The number of hydrogen-bond acceptors (Lipinski definition) is 0. The molecule has 0 fully saturated rings. The Balaban J connectivity index is 3.44. The van der Waals surface area contributed by atoms with Gasteiger partial charge in [0.25, 0.3) is 0 Å². The molecule has 13 heavy (non-hydrogen) atoms. The maximum Gasteiger partial charge on any atom is 0.0362 e. The smallest absolute Gasteiger partial charge is 0.0362 e. The van der Waals surface area contributed by atoms with Crippen molar-refractivity contribution in [2.24, 2.45) is 0 Å². The maximum absolute atomic E-state index is 5.88. The predicted octanol–water partition coefficient (Wildman–Crippen LogP) is 4.82. The third kappa shape index (κ3) is 9.42. The van der Waals surface area contributed by atoms with Gasteiger partial charge in [-0.15, -0.1) is 0 Å². The lowest BCUT2D eigenvalue weighted by atomic mass is 10.2. The zero-order valence-corrected chi connectivity index (χ0v) is 9.35. The van der Waals surface area contributed by atoms with Gasteiger partial charge in [-0.05, 0) is 38.7 Å². The first-order chi connectivity index (χ1) is 6.31. The largest absolute Gasteiger partial charge is 0.0888 e. The minimum atomic E-state index is 0.849. The van der Waals surface area contributed by atoms with E-state index in [1.54, 1.807) is 0 Å². The standard InChI is InChI=1S/C12H19Cl/c1-3-5-6-7-8-9-11-12(13)10-4-2/h4-6,10-11H,3,7-9H2,1-2H3/b6-5-,10-4-,12-11+. The Kier molecular flexibility index (Phi) is 9.24. The van der Waals surface area contributed by atoms with Crippen LogP contribution in [0.4, 0.5) is 0 Å². The first kappa shape index (κ1) is 12.5. The van der Waals surface area contributed by atoms with Crippen molar-refractivity contribution in [1.82, 2.24) is 0 Å². The molecule has 0 spiro atoms. The van der Waals surface area contributed by atoms with Crippen LogP contribution < -0.4 is 0 Å². The van der Waals surface area contributed by atoms with Crippen LogP contribution in [0, 0.1) is 0 Å². The molecule has 0 aromatic carbocycles. The van der Waals surface area contributed by atoms with Crippen molar-refractivity contribution in [2.45, 2.75) is 39.5 Å². The van der Waals surface area contributed by atoms with Gasteiger partial charge in [0.2, 0.25) is 0 Å². The molecule has 0 saturated heterocycles. The van der Waals surface area contributed by atoms with Gasteiger partial charge in [-0.3, -0.25) is 0 Å². The minimum Gasteiger partial charge on any atom is -0.0888 e. The number of allylic oxidation sites excluding steroid dienone is 6. The van der Waals surface area contributed by atoms with E-state index < -0.39 is 0 Å². The number of hydrogen-bond donors (Lipinski definition) is 0. The summed E-state index contributed by atoms with van der Waals surface area (Å²) in [4.78, 5) is 0. The first-order valence-electron chi connectivity index (χ1n) is 4.94. The number of rotatable bonds is 6. The van der Waals surface area contributed by atoms with Crippen LogP contribution in [0.25, 0.3) is 0 Å². The van der Waals surface area contributed by atoms with Gasteiger partial charge in [-0.25, -0.2) is 0 Å². The van der Waals surface area contributed by atoms with Crippen LogP contribution in [0.15, 0.2) is 35.4 Å². The summed E-state index contributed by atoms with van der Waals surface area (Å²) in [7, 11) is 0. The fraction of sp³-hybridized carbons (Fsp3) is 0.500. The molecule has 0 radical (unpaired) electrons. The van der Waals surface area contributed by atoms with Crippen LogP contribution >= 0.6 is 11.6 Å². The quantitative estimate of drug-likeness (QED) is 0.326. The molecular weight excluding hydrogens is 180 g/mol. The molecule has 0 atom stereocenters. The molecule has 0 amide bonds. The monoisotopic (exact) mass is 198 g/mol. The summed E-state index contributed by atoms with van der Waals surface area (Å²) in [6.45, 7) is 4.12. The highest BCUT2D eigenvalue weighted by atomic mass is 35.5. The topological polar surface area (TPSA) is 0 Å². The molecule has 0 nitrogen and oxygen atoms in total. The fourth-order valence-electron chi connectivity index (χ4n) is 0.987.